The van der Waals surface area contributed by atoms with Gasteiger partial charge < -0.3 is 15.0 Å². The lowest BCUT2D eigenvalue weighted by Crippen LogP contribution is -2.20. The van der Waals surface area contributed by atoms with E-state index < -0.39 is 20.3 Å². The minimum absolute atomic E-state index is 0.00609. The number of aromatic nitrogens is 2. The van der Waals surface area contributed by atoms with Gasteiger partial charge in [0.05, 0.1) is 24.0 Å². The van der Waals surface area contributed by atoms with E-state index in [-0.39, 0.29) is 21.7 Å². The average Bonchev–Trinajstić information content (AvgIpc) is 2.73. The minimum atomic E-state index is -3.97. The summed E-state index contributed by atoms with van der Waals surface area (Å²) in [6.45, 7) is 0. The van der Waals surface area contributed by atoms with E-state index in [0.717, 1.165) is 18.0 Å². The van der Waals surface area contributed by atoms with Gasteiger partial charge in [-0.25, -0.2) is 13.4 Å². The summed E-state index contributed by atoms with van der Waals surface area (Å²) in [5.74, 6) is 0.355. The van der Waals surface area contributed by atoms with Gasteiger partial charge in [-0.2, -0.15) is 0 Å². The Morgan fingerprint density at radius 1 is 1.14 bits per heavy atom. The number of methoxy groups -OCH3 is 1. The molecule has 0 aliphatic rings. The third kappa shape index (κ3) is 5.04. The molecule has 3 aromatic rings. The van der Waals surface area contributed by atoms with E-state index in [2.05, 4.69) is 15.3 Å². The number of H-pyrrole nitrogens is 1. The van der Waals surface area contributed by atoms with E-state index in [9.17, 15) is 18.0 Å². The molecule has 0 fully saturated rings. The molecule has 0 aliphatic heterocycles. The van der Waals surface area contributed by atoms with Crippen LogP contribution in [-0.4, -0.2) is 37.2 Å². The smallest absolute Gasteiger partial charge is 0.270 e. The van der Waals surface area contributed by atoms with Crippen LogP contribution >= 0.6 is 11.8 Å². The number of benzene rings is 2. The first-order chi connectivity index (χ1) is 13.9. The molecule has 0 saturated carbocycles. The van der Waals surface area contributed by atoms with Crippen molar-refractivity contribution in [3.8, 4) is 5.75 Å². The fraction of sp³-hybridized carbons (Fsp3) is 0.105. The zero-order chi connectivity index (χ0) is 20.9. The normalized spacial score (nSPS) is 11.1. The van der Waals surface area contributed by atoms with Gasteiger partial charge >= 0.3 is 0 Å². The Morgan fingerprint density at radius 3 is 2.45 bits per heavy atom. The van der Waals surface area contributed by atoms with Crippen LogP contribution in [-0.2, 0) is 14.6 Å². The summed E-state index contributed by atoms with van der Waals surface area (Å²) >= 11 is 0.987. The van der Waals surface area contributed by atoms with Gasteiger partial charge in [0.15, 0.2) is 10.1 Å². The molecule has 0 unspecified atom stereocenters. The molecule has 0 aliphatic carbocycles. The Labute approximate surface area is 171 Å². The van der Waals surface area contributed by atoms with E-state index in [1.807, 2.05) is 0 Å². The molecule has 2 N–H and O–H groups in total. The van der Waals surface area contributed by atoms with Crippen LogP contribution in [0.4, 0.5) is 5.69 Å². The SMILES string of the molecule is COc1ccc(NC(=O)CSc2ncc(S(=O)(=O)c3ccccc3)c(=O)[nH]2)cc1. The van der Waals surface area contributed by atoms with Crippen LogP contribution in [0.5, 0.6) is 5.75 Å². The lowest BCUT2D eigenvalue weighted by molar-refractivity contribution is -0.113. The van der Waals surface area contributed by atoms with Crippen LogP contribution < -0.4 is 15.6 Å². The number of thioether (sulfide) groups is 1. The number of carbonyl (C=O) groups excluding carboxylic acids is 1. The second kappa shape index (κ2) is 8.93. The molecule has 0 radical (unpaired) electrons. The van der Waals surface area contributed by atoms with Crippen LogP contribution in [0, 0.1) is 0 Å². The largest absolute Gasteiger partial charge is 0.497 e. The zero-order valence-electron chi connectivity index (χ0n) is 15.3. The molecule has 2 aromatic carbocycles. The van der Waals surface area contributed by atoms with Crippen molar-refractivity contribution in [2.75, 3.05) is 18.2 Å². The van der Waals surface area contributed by atoms with Gasteiger partial charge in [-0.15, -0.1) is 0 Å². The molecule has 150 valence electrons. The molecular formula is C19H17N3O5S2. The molecule has 0 saturated heterocycles. The number of ether oxygens (including phenoxy) is 1. The van der Waals surface area contributed by atoms with Crippen molar-refractivity contribution >= 4 is 33.2 Å². The maximum atomic E-state index is 12.5. The molecule has 0 atom stereocenters. The molecule has 3 rings (SSSR count). The van der Waals surface area contributed by atoms with E-state index in [4.69, 9.17) is 4.74 Å². The predicted molar refractivity (Wildman–Crippen MR) is 109 cm³/mol. The lowest BCUT2D eigenvalue weighted by Gasteiger charge is -2.07. The van der Waals surface area contributed by atoms with Gasteiger partial charge in [-0.05, 0) is 36.4 Å². The maximum absolute atomic E-state index is 12.5. The van der Waals surface area contributed by atoms with Gasteiger partial charge in [-0.1, -0.05) is 30.0 Å². The number of carbonyl (C=O) groups is 1. The second-order valence-electron chi connectivity index (χ2n) is 5.76. The van der Waals surface area contributed by atoms with Gasteiger partial charge in [0, 0.05) is 5.69 Å². The summed E-state index contributed by atoms with van der Waals surface area (Å²) in [4.78, 5) is 30.2. The molecule has 0 spiro atoms. The molecule has 10 heteroatoms. The highest BCUT2D eigenvalue weighted by molar-refractivity contribution is 7.99. The van der Waals surface area contributed by atoms with Crippen molar-refractivity contribution in [2.24, 2.45) is 0 Å². The van der Waals surface area contributed by atoms with Crippen LogP contribution in [0.1, 0.15) is 0 Å². The maximum Gasteiger partial charge on any atom is 0.270 e. The van der Waals surface area contributed by atoms with Crippen molar-refractivity contribution in [3.05, 3.63) is 71.1 Å². The van der Waals surface area contributed by atoms with Crippen molar-refractivity contribution < 1.29 is 17.9 Å². The Hall–Kier alpha value is -3.11. The van der Waals surface area contributed by atoms with E-state index in [0.29, 0.717) is 11.4 Å². The van der Waals surface area contributed by atoms with E-state index >= 15 is 0 Å². The first-order valence-corrected chi connectivity index (χ1v) is 10.8. The molecule has 1 heterocycles. The van der Waals surface area contributed by atoms with Crippen molar-refractivity contribution in [3.63, 3.8) is 0 Å². The molecule has 29 heavy (non-hydrogen) atoms. The van der Waals surface area contributed by atoms with Crippen LogP contribution in [0.2, 0.25) is 0 Å². The Morgan fingerprint density at radius 2 is 1.83 bits per heavy atom. The third-order valence-corrected chi connectivity index (χ3v) is 6.45. The number of nitrogens with zero attached hydrogens (tertiary/aromatic N) is 1. The van der Waals surface area contributed by atoms with Gasteiger partial charge in [0.1, 0.15) is 5.75 Å². The Bertz CT molecular complexity index is 1160. The Balaban J connectivity index is 1.66. The van der Waals surface area contributed by atoms with E-state index in [1.54, 1.807) is 49.6 Å². The number of hydrogen-bond acceptors (Lipinski definition) is 7. The zero-order valence-corrected chi connectivity index (χ0v) is 16.9. The summed E-state index contributed by atoms with van der Waals surface area (Å²) < 4.78 is 30.1. The fourth-order valence-corrected chi connectivity index (χ4v) is 4.25. The van der Waals surface area contributed by atoms with Crippen molar-refractivity contribution in [1.82, 2.24) is 9.97 Å². The number of rotatable bonds is 7. The highest BCUT2D eigenvalue weighted by Crippen LogP contribution is 2.19. The summed E-state index contributed by atoms with van der Waals surface area (Å²) in [5, 5.41) is 2.85. The number of hydrogen-bond donors (Lipinski definition) is 2. The fourth-order valence-electron chi connectivity index (χ4n) is 2.36. The van der Waals surface area contributed by atoms with Gasteiger partial charge in [0.25, 0.3) is 5.56 Å². The molecule has 1 aromatic heterocycles. The first-order valence-electron chi connectivity index (χ1n) is 8.36. The third-order valence-electron chi connectivity index (χ3n) is 3.80. The summed E-state index contributed by atoms with van der Waals surface area (Å²) in [6.07, 6.45) is 1.00. The number of sulfone groups is 1. The quantitative estimate of drug-likeness (QED) is 0.435. The van der Waals surface area contributed by atoms with Crippen LogP contribution in [0.3, 0.4) is 0 Å². The van der Waals surface area contributed by atoms with Gasteiger partial charge in [0.2, 0.25) is 15.7 Å². The topological polar surface area (TPSA) is 118 Å². The number of nitrogens with one attached hydrogen (secondary N) is 2. The lowest BCUT2D eigenvalue weighted by atomic mass is 10.3. The summed E-state index contributed by atoms with van der Waals surface area (Å²) in [7, 11) is -2.42. The minimum Gasteiger partial charge on any atom is -0.497 e. The highest BCUT2D eigenvalue weighted by atomic mass is 32.2. The number of aromatic amines is 1. The summed E-state index contributed by atoms with van der Waals surface area (Å²) in [5.41, 5.74) is -0.191. The van der Waals surface area contributed by atoms with Crippen molar-refractivity contribution in [1.29, 1.82) is 0 Å². The number of amides is 1. The molecule has 8 nitrogen and oxygen atoms in total. The van der Waals surface area contributed by atoms with Crippen LogP contribution in [0.15, 0.2) is 80.5 Å². The summed E-state index contributed by atoms with van der Waals surface area (Å²) in [6, 6.07) is 14.5. The predicted octanol–water partition coefficient (Wildman–Crippen LogP) is 2.34. The second-order valence-corrected chi connectivity index (χ2v) is 8.65. The van der Waals surface area contributed by atoms with Crippen LogP contribution in [0.25, 0.3) is 0 Å². The van der Waals surface area contributed by atoms with Gasteiger partial charge in [-0.3, -0.25) is 9.59 Å². The van der Waals surface area contributed by atoms with E-state index in [1.165, 1.54) is 12.1 Å². The molecular weight excluding hydrogens is 414 g/mol. The number of anilines is 1. The standard InChI is InChI=1S/C19H17N3O5S2/c1-27-14-9-7-13(8-10-14)21-17(23)12-28-19-20-11-16(18(24)22-19)29(25,26)15-5-3-2-4-6-15/h2-11H,12H2,1H3,(H,21,23)(H,20,22,24). The van der Waals surface area contributed by atoms with Crippen molar-refractivity contribution in [2.45, 2.75) is 14.9 Å². The Kier molecular flexibility index (Phi) is 6.35. The highest BCUT2D eigenvalue weighted by Gasteiger charge is 2.22. The first kappa shape index (κ1) is 20.6. The average molecular weight is 431 g/mol. The molecule has 1 amide bonds. The molecule has 0 bridgehead atoms. The monoisotopic (exact) mass is 431 g/mol.